The maximum atomic E-state index is 4.95. The molecule has 0 bridgehead atoms. The molecule has 0 saturated heterocycles. The van der Waals surface area contributed by atoms with Crippen molar-refractivity contribution < 1.29 is 4.84 Å². The molecule has 0 radical (unpaired) electrons. The predicted molar refractivity (Wildman–Crippen MR) is 52.5 cm³/mol. The molecule has 1 atom stereocenters. The van der Waals surface area contributed by atoms with Gasteiger partial charge < -0.3 is 9.74 Å². The largest absolute Gasteiger partial charge is 0.396 e. The van der Waals surface area contributed by atoms with Crippen molar-refractivity contribution in [3.63, 3.8) is 0 Å². The predicted octanol–water partition coefficient (Wildman–Crippen LogP) is 1.74. The Balaban J connectivity index is 3.74. The van der Waals surface area contributed by atoms with E-state index < -0.39 is 0 Å². The summed E-state index contributed by atoms with van der Waals surface area (Å²) in [4.78, 5) is 7.12. The molecule has 0 N–H and O–H groups in total. The maximum Gasteiger partial charge on any atom is 0.114 e. The fourth-order valence-electron chi connectivity index (χ4n) is 0.822. The quantitative estimate of drug-likeness (QED) is 0.466. The molecule has 0 rings (SSSR count). The van der Waals surface area contributed by atoms with Gasteiger partial charge in [0.15, 0.2) is 0 Å². The molecule has 3 heteroatoms. The topological polar surface area (TPSA) is 24.8 Å². The molecule has 0 aromatic carbocycles. The van der Waals surface area contributed by atoms with Gasteiger partial charge in [-0.25, -0.2) is 0 Å². The summed E-state index contributed by atoms with van der Waals surface area (Å²) in [6, 6.07) is 0.522. The standard InChI is InChI=1S/C9H20N2O/c1-6-12-10-8(2)7-9(3)11(4)5/h9H,6-7H2,1-5H3. The van der Waals surface area contributed by atoms with E-state index in [0.717, 1.165) is 12.1 Å². The molecule has 0 aromatic heterocycles. The minimum absolute atomic E-state index is 0.522. The third-order valence-electron chi connectivity index (χ3n) is 1.82. The average Bonchev–Trinajstić information content (AvgIpc) is 2.00. The zero-order valence-corrected chi connectivity index (χ0v) is 8.79. The van der Waals surface area contributed by atoms with Crippen molar-refractivity contribution in [3.8, 4) is 0 Å². The Hall–Kier alpha value is -0.570. The van der Waals surface area contributed by atoms with Crippen molar-refractivity contribution in [3.05, 3.63) is 0 Å². The van der Waals surface area contributed by atoms with E-state index in [0.29, 0.717) is 12.6 Å². The number of oxime groups is 1. The van der Waals surface area contributed by atoms with Crippen LogP contribution in [0.5, 0.6) is 0 Å². The summed E-state index contributed by atoms with van der Waals surface area (Å²) >= 11 is 0. The van der Waals surface area contributed by atoms with Crippen molar-refractivity contribution >= 4 is 5.71 Å². The molecule has 0 fully saturated rings. The third-order valence-corrected chi connectivity index (χ3v) is 1.82. The van der Waals surface area contributed by atoms with E-state index >= 15 is 0 Å². The summed E-state index contributed by atoms with van der Waals surface area (Å²) < 4.78 is 0. The highest BCUT2D eigenvalue weighted by Gasteiger charge is 2.05. The number of nitrogens with zero attached hydrogens (tertiary/aromatic N) is 2. The van der Waals surface area contributed by atoms with Gasteiger partial charge in [0.1, 0.15) is 6.61 Å². The van der Waals surface area contributed by atoms with Crippen LogP contribution >= 0.6 is 0 Å². The first-order chi connectivity index (χ1) is 5.57. The second-order valence-electron chi connectivity index (χ2n) is 3.26. The highest BCUT2D eigenvalue weighted by molar-refractivity contribution is 5.81. The van der Waals surface area contributed by atoms with Crippen LogP contribution in [0.3, 0.4) is 0 Å². The van der Waals surface area contributed by atoms with Gasteiger partial charge in [-0.05, 0) is 34.9 Å². The molecule has 0 aromatic rings. The van der Waals surface area contributed by atoms with Crippen LogP contribution in [0.25, 0.3) is 0 Å². The molecule has 3 nitrogen and oxygen atoms in total. The fraction of sp³-hybridized carbons (Fsp3) is 0.889. The van der Waals surface area contributed by atoms with Crippen LogP contribution < -0.4 is 0 Å². The molecular formula is C9H20N2O. The van der Waals surface area contributed by atoms with Gasteiger partial charge in [-0.3, -0.25) is 0 Å². The zero-order chi connectivity index (χ0) is 9.56. The van der Waals surface area contributed by atoms with Gasteiger partial charge in [0.2, 0.25) is 0 Å². The Bertz CT molecular complexity index is 143. The van der Waals surface area contributed by atoms with Gasteiger partial charge >= 0.3 is 0 Å². The Morgan fingerprint density at radius 3 is 2.50 bits per heavy atom. The van der Waals surface area contributed by atoms with E-state index in [4.69, 9.17) is 4.84 Å². The SMILES string of the molecule is CCON=C(C)CC(C)N(C)C. The first-order valence-corrected chi connectivity index (χ1v) is 4.39. The van der Waals surface area contributed by atoms with Crippen molar-refractivity contribution in [2.75, 3.05) is 20.7 Å². The van der Waals surface area contributed by atoms with Gasteiger partial charge in [0.05, 0.1) is 5.71 Å². The smallest absolute Gasteiger partial charge is 0.114 e. The summed E-state index contributed by atoms with van der Waals surface area (Å²) in [6.45, 7) is 6.75. The van der Waals surface area contributed by atoms with Crippen molar-refractivity contribution in [1.82, 2.24) is 4.90 Å². The summed E-state index contributed by atoms with van der Waals surface area (Å²) in [5, 5.41) is 3.96. The summed E-state index contributed by atoms with van der Waals surface area (Å²) in [7, 11) is 4.14. The van der Waals surface area contributed by atoms with E-state index in [1.807, 2.05) is 13.8 Å². The van der Waals surface area contributed by atoms with Gasteiger partial charge in [0.25, 0.3) is 0 Å². The summed E-state index contributed by atoms with van der Waals surface area (Å²) in [5.74, 6) is 0. The third kappa shape index (κ3) is 5.13. The van der Waals surface area contributed by atoms with Gasteiger partial charge in [-0.1, -0.05) is 5.16 Å². The van der Waals surface area contributed by atoms with Crippen molar-refractivity contribution in [2.45, 2.75) is 33.2 Å². The maximum absolute atomic E-state index is 4.95. The first kappa shape index (κ1) is 11.4. The van der Waals surface area contributed by atoms with Gasteiger partial charge in [-0.15, -0.1) is 0 Å². The van der Waals surface area contributed by atoms with E-state index in [2.05, 4.69) is 31.1 Å². The van der Waals surface area contributed by atoms with Crippen LogP contribution in [0.2, 0.25) is 0 Å². The lowest BCUT2D eigenvalue weighted by Gasteiger charge is -2.18. The Labute approximate surface area is 75.4 Å². The molecule has 0 aliphatic rings. The van der Waals surface area contributed by atoms with Crippen LogP contribution in [-0.2, 0) is 4.84 Å². The van der Waals surface area contributed by atoms with Crippen LogP contribution in [0.1, 0.15) is 27.2 Å². The Morgan fingerprint density at radius 1 is 1.50 bits per heavy atom. The molecule has 0 amide bonds. The number of hydrogen-bond acceptors (Lipinski definition) is 3. The molecule has 12 heavy (non-hydrogen) atoms. The molecule has 0 aliphatic heterocycles. The Morgan fingerprint density at radius 2 is 2.08 bits per heavy atom. The molecule has 0 saturated carbocycles. The monoisotopic (exact) mass is 172 g/mol. The summed E-state index contributed by atoms with van der Waals surface area (Å²) in [5.41, 5.74) is 1.05. The lowest BCUT2D eigenvalue weighted by atomic mass is 10.1. The lowest BCUT2D eigenvalue weighted by molar-refractivity contribution is 0.157. The lowest BCUT2D eigenvalue weighted by Crippen LogP contribution is -2.26. The molecule has 72 valence electrons. The summed E-state index contributed by atoms with van der Waals surface area (Å²) in [6.07, 6.45) is 0.965. The van der Waals surface area contributed by atoms with E-state index in [1.54, 1.807) is 0 Å². The zero-order valence-electron chi connectivity index (χ0n) is 8.79. The van der Waals surface area contributed by atoms with E-state index in [1.165, 1.54) is 0 Å². The number of rotatable bonds is 5. The number of hydrogen-bond donors (Lipinski definition) is 0. The fourth-order valence-corrected chi connectivity index (χ4v) is 0.822. The van der Waals surface area contributed by atoms with E-state index in [-0.39, 0.29) is 0 Å². The minimum Gasteiger partial charge on any atom is -0.396 e. The normalized spacial score (nSPS) is 15.0. The van der Waals surface area contributed by atoms with Crippen LogP contribution in [0.4, 0.5) is 0 Å². The average molecular weight is 172 g/mol. The van der Waals surface area contributed by atoms with Gasteiger partial charge in [0, 0.05) is 12.5 Å². The molecule has 0 aliphatic carbocycles. The molecule has 1 unspecified atom stereocenters. The van der Waals surface area contributed by atoms with Crippen molar-refractivity contribution in [1.29, 1.82) is 0 Å². The van der Waals surface area contributed by atoms with Crippen molar-refractivity contribution in [2.24, 2.45) is 5.16 Å². The van der Waals surface area contributed by atoms with Crippen LogP contribution in [0.15, 0.2) is 5.16 Å². The highest BCUT2D eigenvalue weighted by Crippen LogP contribution is 2.00. The van der Waals surface area contributed by atoms with E-state index in [9.17, 15) is 0 Å². The highest BCUT2D eigenvalue weighted by atomic mass is 16.6. The van der Waals surface area contributed by atoms with Gasteiger partial charge in [-0.2, -0.15) is 0 Å². The molecular weight excluding hydrogens is 152 g/mol. The second-order valence-corrected chi connectivity index (χ2v) is 3.26. The minimum atomic E-state index is 0.522. The molecule has 0 spiro atoms. The Kier molecular flexibility index (Phi) is 5.72. The van der Waals surface area contributed by atoms with Crippen LogP contribution in [-0.4, -0.2) is 37.4 Å². The second kappa shape index (κ2) is 6.00. The van der Waals surface area contributed by atoms with Crippen LogP contribution in [0, 0.1) is 0 Å². The molecule has 0 heterocycles. The first-order valence-electron chi connectivity index (χ1n) is 4.39.